The Balaban J connectivity index is 1.45. The van der Waals surface area contributed by atoms with E-state index in [2.05, 4.69) is 10.6 Å². The number of amides is 2. The number of hydroxylamine groups is 1. The molecule has 8 nitrogen and oxygen atoms in total. The number of benzene rings is 1. The van der Waals surface area contributed by atoms with Gasteiger partial charge < -0.3 is 14.7 Å². The third kappa shape index (κ3) is 3.04. The van der Waals surface area contributed by atoms with Crippen molar-refractivity contribution in [1.29, 1.82) is 0 Å². The average Bonchev–Trinajstić information content (AvgIpc) is 3.21. The highest BCUT2D eigenvalue weighted by atomic mass is 35.5. The normalized spacial score (nSPS) is 24.9. The molecule has 2 aliphatic rings. The van der Waals surface area contributed by atoms with E-state index in [1.165, 1.54) is 0 Å². The summed E-state index contributed by atoms with van der Waals surface area (Å²) in [7, 11) is 1.58. The first-order valence-electron chi connectivity index (χ1n) is 9.48. The lowest BCUT2D eigenvalue weighted by Crippen LogP contribution is -2.50. The van der Waals surface area contributed by atoms with Gasteiger partial charge in [-0.25, -0.2) is 10.3 Å². The number of aliphatic hydroxyl groups excluding tert-OH is 1. The van der Waals surface area contributed by atoms with Crippen LogP contribution in [0.4, 0.5) is 4.79 Å². The fourth-order valence-electron chi connectivity index (χ4n) is 4.53. The molecule has 28 heavy (non-hydrogen) atoms. The minimum Gasteiger partial charge on any atom is -0.386 e. The second kappa shape index (κ2) is 7.51. The number of methoxy groups -OCH3 is 1. The molecule has 2 N–H and O–H groups in total. The van der Waals surface area contributed by atoms with Gasteiger partial charge in [-0.15, -0.1) is 0 Å². The Labute approximate surface area is 168 Å². The van der Waals surface area contributed by atoms with Crippen LogP contribution in [-0.4, -0.2) is 59.2 Å². The fourth-order valence-corrected chi connectivity index (χ4v) is 4.77. The number of ether oxygens (including phenoxy) is 1. The standard InChI is InChI=1S/C19H25ClN4O4/c1-19(13-3-5-23(6-4-13)18(26)22-28-8-7-27-2)17(25)15-10-14(20)9-12-11-21-24(19)16(12)15/h9-11,13,17,25H,3-8H2,1-2H3,(H,22,26)/t17-,19?/m1/s1. The van der Waals surface area contributed by atoms with Gasteiger partial charge >= 0.3 is 6.03 Å². The van der Waals surface area contributed by atoms with Crippen LogP contribution >= 0.6 is 11.6 Å². The molecule has 0 radical (unpaired) electrons. The summed E-state index contributed by atoms with van der Waals surface area (Å²) in [6.07, 6.45) is 2.65. The van der Waals surface area contributed by atoms with E-state index in [4.69, 9.17) is 21.2 Å². The quantitative estimate of drug-likeness (QED) is 0.586. The van der Waals surface area contributed by atoms with E-state index in [0.29, 0.717) is 31.3 Å². The summed E-state index contributed by atoms with van der Waals surface area (Å²) < 4.78 is 6.83. The Morgan fingerprint density at radius 1 is 1.39 bits per heavy atom. The fraction of sp³-hybridized carbons (Fsp3) is 0.579. The summed E-state index contributed by atoms with van der Waals surface area (Å²) in [5.74, 6) is 0.176. The number of halogens is 1. The Hall–Kier alpha value is -1.87. The monoisotopic (exact) mass is 408 g/mol. The number of rotatable bonds is 5. The summed E-state index contributed by atoms with van der Waals surface area (Å²) in [5.41, 5.74) is 3.66. The van der Waals surface area contributed by atoms with Crippen molar-refractivity contribution in [3.63, 3.8) is 0 Å². The largest absolute Gasteiger partial charge is 0.386 e. The number of carbonyl (C=O) groups excluding carboxylic acids is 1. The molecule has 2 aliphatic heterocycles. The number of aliphatic hydroxyl groups is 1. The van der Waals surface area contributed by atoms with Crippen molar-refractivity contribution >= 4 is 28.5 Å². The molecule has 9 heteroatoms. The number of aromatic nitrogens is 2. The second-order valence-corrected chi connectivity index (χ2v) is 8.06. The predicted molar refractivity (Wildman–Crippen MR) is 104 cm³/mol. The lowest BCUT2D eigenvalue weighted by atomic mass is 9.75. The van der Waals surface area contributed by atoms with Crippen LogP contribution in [0.1, 0.15) is 31.4 Å². The Kier molecular flexibility index (Phi) is 5.22. The molecule has 1 fully saturated rings. The molecule has 0 spiro atoms. The molecule has 2 atom stereocenters. The zero-order valence-electron chi connectivity index (χ0n) is 16.0. The van der Waals surface area contributed by atoms with Crippen molar-refractivity contribution in [2.75, 3.05) is 33.4 Å². The Morgan fingerprint density at radius 2 is 2.14 bits per heavy atom. The van der Waals surface area contributed by atoms with Gasteiger partial charge in [-0.05, 0) is 37.8 Å². The number of hydrogen-bond donors (Lipinski definition) is 2. The van der Waals surface area contributed by atoms with Crippen molar-refractivity contribution < 1.29 is 19.5 Å². The Morgan fingerprint density at radius 3 is 2.86 bits per heavy atom. The molecule has 1 aromatic heterocycles. The van der Waals surface area contributed by atoms with E-state index in [1.54, 1.807) is 18.2 Å². The van der Waals surface area contributed by atoms with Gasteiger partial charge in [0.1, 0.15) is 6.10 Å². The van der Waals surface area contributed by atoms with Crippen molar-refractivity contribution in [2.24, 2.45) is 5.92 Å². The minimum absolute atomic E-state index is 0.176. The van der Waals surface area contributed by atoms with Crippen LogP contribution in [0.25, 0.3) is 10.9 Å². The number of carbonyl (C=O) groups is 1. The summed E-state index contributed by atoms with van der Waals surface area (Å²) >= 11 is 6.22. The molecule has 2 aromatic rings. The molecule has 1 aromatic carbocycles. The van der Waals surface area contributed by atoms with E-state index >= 15 is 0 Å². The van der Waals surface area contributed by atoms with Crippen molar-refractivity contribution in [2.45, 2.75) is 31.4 Å². The van der Waals surface area contributed by atoms with Gasteiger partial charge in [-0.3, -0.25) is 9.52 Å². The average molecular weight is 409 g/mol. The molecular weight excluding hydrogens is 384 g/mol. The molecule has 3 heterocycles. The molecule has 1 unspecified atom stereocenters. The summed E-state index contributed by atoms with van der Waals surface area (Å²) in [6.45, 7) is 3.95. The van der Waals surface area contributed by atoms with Gasteiger partial charge in [-0.1, -0.05) is 11.6 Å². The first kappa shape index (κ1) is 19.4. The molecule has 0 saturated carbocycles. The van der Waals surface area contributed by atoms with E-state index in [1.807, 2.05) is 23.7 Å². The number of nitrogens with one attached hydrogen (secondary N) is 1. The van der Waals surface area contributed by atoms with Crippen LogP contribution in [0, 0.1) is 5.92 Å². The zero-order chi connectivity index (χ0) is 19.9. The number of likely N-dealkylation sites (tertiary alicyclic amines) is 1. The first-order chi connectivity index (χ1) is 13.5. The second-order valence-electron chi connectivity index (χ2n) is 7.63. The molecular formula is C19H25ClN4O4. The lowest BCUT2D eigenvalue weighted by molar-refractivity contribution is -0.0176. The summed E-state index contributed by atoms with van der Waals surface area (Å²) in [4.78, 5) is 19.1. The smallest absolute Gasteiger partial charge is 0.341 e. The summed E-state index contributed by atoms with van der Waals surface area (Å²) in [6, 6.07) is 3.46. The van der Waals surface area contributed by atoms with Crippen LogP contribution in [0.3, 0.4) is 0 Å². The van der Waals surface area contributed by atoms with Gasteiger partial charge in [0.2, 0.25) is 0 Å². The summed E-state index contributed by atoms with van der Waals surface area (Å²) in [5, 5.41) is 17.3. The van der Waals surface area contributed by atoms with E-state index < -0.39 is 11.6 Å². The molecule has 152 valence electrons. The van der Waals surface area contributed by atoms with Crippen LogP contribution < -0.4 is 5.48 Å². The molecule has 1 saturated heterocycles. The SMILES string of the molecule is COCCONC(=O)N1CCC(C2(C)[C@H](O)c3cc(Cl)cc4cnn2c34)CC1. The number of urea groups is 1. The van der Waals surface area contributed by atoms with Gasteiger partial charge in [0.25, 0.3) is 0 Å². The van der Waals surface area contributed by atoms with Gasteiger partial charge in [0.05, 0.1) is 30.5 Å². The molecule has 0 aliphatic carbocycles. The van der Waals surface area contributed by atoms with Gasteiger partial charge in [0, 0.05) is 36.2 Å². The van der Waals surface area contributed by atoms with E-state index in [0.717, 1.165) is 29.3 Å². The van der Waals surface area contributed by atoms with Crippen LogP contribution in [0.2, 0.25) is 5.02 Å². The highest BCUT2D eigenvalue weighted by Gasteiger charge is 2.50. The predicted octanol–water partition coefficient (Wildman–Crippen LogP) is 2.45. The minimum atomic E-state index is -0.680. The molecule has 4 rings (SSSR count). The maximum absolute atomic E-state index is 12.2. The van der Waals surface area contributed by atoms with E-state index in [-0.39, 0.29) is 11.9 Å². The third-order valence-corrected chi connectivity index (χ3v) is 6.34. The Bertz CT molecular complexity index is 880. The topological polar surface area (TPSA) is 88.8 Å². The van der Waals surface area contributed by atoms with Gasteiger partial charge in [0.15, 0.2) is 0 Å². The van der Waals surface area contributed by atoms with Crippen LogP contribution in [-0.2, 0) is 15.1 Å². The van der Waals surface area contributed by atoms with Crippen LogP contribution in [0.5, 0.6) is 0 Å². The highest BCUT2D eigenvalue weighted by molar-refractivity contribution is 6.31. The lowest BCUT2D eigenvalue weighted by Gasteiger charge is -2.42. The molecule has 2 amide bonds. The first-order valence-corrected chi connectivity index (χ1v) is 9.86. The number of piperidine rings is 1. The molecule has 0 bridgehead atoms. The number of hydrogen-bond acceptors (Lipinski definition) is 5. The van der Waals surface area contributed by atoms with Crippen molar-refractivity contribution in [3.8, 4) is 0 Å². The third-order valence-electron chi connectivity index (χ3n) is 6.12. The van der Waals surface area contributed by atoms with Crippen LogP contribution in [0.15, 0.2) is 18.3 Å². The zero-order valence-corrected chi connectivity index (χ0v) is 16.8. The maximum Gasteiger partial charge on any atom is 0.341 e. The van der Waals surface area contributed by atoms with Crippen molar-refractivity contribution in [3.05, 3.63) is 28.9 Å². The van der Waals surface area contributed by atoms with E-state index in [9.17, 15) is 9.90 Å². The maximum atomic E-state index is 12.2. The van der Waals surface area contributed by atoms with Crippen molar-refractivity contribution in [1.82, 2.24) is 20.2 Å². The van der Waals surface area contributed by atoms with Gasteiger partial charge in [-0.2, -0.15) is 5.10 Å². The highest BCUT2D eigenvalue weighted by Crippen LogP contribution is 2.51. The number of nitrogens with zero attached hydrogens (tertiary/aromatic N) is 3.